The van der Waals surface area contributed by atoms with Crippen LogP contribution in [-0.4, -0.2) is 22.3 Å². The van der Waals surface area contributed by atoms with Crippen molar-refractivity contribution in [2.45, 2.75) is 25.8 Å². The van der Waals surface area contributed by atoms with Gasteiger partial charge in [0.15, 0.2) is 0 Å². The number of likely N-dealkylation sites (tertiary alicyclic amines) is 1. The van der Waals surface area contributed by atoms with Crippen molar-refractivity contribution in [3.05, 3.63) is 77.0 Å². The number of fused-ring (bicyclic) bond motifs is 1. The molecule has 1 amide bonds. The van der Waals surface area contributed by atoms with E-state index in [2.05, 4.69) is 4.98 Å². The maximum atomic E-state index is 13.6. The highest BCUT2D eigenvalue weighted by Gasteiger charge is 2.31. The molecule has 0 radical (unpaired) electrons. The number of halogens is 2. The molecule has 3 aromatic rings. The second kappa shape index (κ2) is 6.48. The first-order valence-electron chi connectivity index (χ1n) is 8.66. The summed E-state index contributed by atoms with van der Waals surface area (Å²) in [5.41, 5.74) is 2.61. The Labute approximate surface area is 150 Å². The number of benzene rings is 2. The van der Waals surface area contributed by atoms with Crippen molar-refractivity contribution in [1.82, 2.24) is 9.88 Å². The lowest BCUT2D eigenvalue weighted by Crippen LogP contribution is -2.30. The van der Waals surface area contributed by atoms with Gasteiger partial charge in [0.2, 0.25) is 0 Å². The molecular formula is C21H18F2N2O. The summed E-state index contributed by atoms with van der Waals surface area (Å²) in [5.74, 6) is -0.763. The molecule has 1 saturated heterocycles. The number of aromatic nitrogens is 1. The van der Waals surface area contributed by atoms with Crippen LogP contribution in [0.3, 0.4) is 0 Å². The second-order valence-corrected chi connectivity index (χ2v) is 6.68. The van der Waals surface area contributed by atoms with Crippen molar-refractivity contribution < 1.29 is 13.6 Å². The smallest absolute Gasteiger partial charge is 0.255 e. The van der Waals surface area contributed by atoms with Gasteiger partial charge in [0, 0.05) is 23.7 Å². The maximum Gasteiger partial charge on any atom is 0.255 e. The molecule has 2 heterocycles. The average molecular weight is 352 g/mol. The van der Waals surface area contributed by atoms with Crippen LogP contribution in [0, 0.1) is 18.6 Å². The Hall–Kier alpha value is -2.82. The van der Waals surface area contributed by atoms with Gasteiger partial charge in [0.25, 0.3) is 5.91 Å². The molecule has 1 aliphatic heterocycles. The van der Waals surface area contributed by atoms with E-state index in [0.717, 1.165) is 18.4 Å². The molecule has 1 aromatic heterocycles. The minimum absolute atomic E-state index is 0.0768. The Balaban J connectivity index is 1.75. The van der Waals surface area contributed by atoms with Crippen molar-refractivity contribution >= 4 is 16.8 Å². The fraction of sp³-hybridized carbons (Fsp3) is 0.238. The highest BCUT2D eigenvalue weighted by molar-refractivity contribution is 6.06. The summed E-state index contributed by atoms with van der Waals surface area (Å²) in [6, 6.07) is 12.3. The number of amides is 1. The van der Waals surface area contributed by atoms with Gasteiger partial charge >= 0.3 is 0 Å². The Kier molecular flexibility index (Phi) is 4.15. The van der Waals surface area contributed by atoms with Crippen LogP contribution >= 0.6 is 0 Å². The fourth-order valence-corrected chi connectivity index (χ4v) is 3.71. The van der Waals surface area contributed by atoms with Gasteiger partial charge in [-0.2, -0.15) is 0 Å². The molecule has 2 aromatic carbocycles. The van der Waals surface area contributed by atoms with Crippen molar-refractivity contribution in [1.29, 1.82) is 0 Å². The summed E-state index contributed by atoms with van der Waals surface area (Å²) in [7, 11) is 0. The van der Waals surface area contributed by atoms with E-state index in [-0.39, 0.29) is 23.6 Å². The summed E-state index contributed by atoms with van der Waals surface area (Å²) in [6.07, 6.45) is 1.73. The number of nitrogens with zero attached hydrogens (tertiary/aromatic N) is 2. The summed E-state index contributed by atoms with van der Waals surface area (Å²) < 4.78 is 26.8. The lowest BCUT2D eigenvalue weighted by atomic mass is 10.0. The zero-order valence-corrected chi connectivity index (χ0v) is 14.4. The van der Waals surface area contributed by atoms with E-state index in [1.807, 2.05) is 4.90 Å². The standard InChI is InChI=1S/C21H18F2N2O/c1-13-11-18(17-9-8-16(23)12-19(17)24-13)21(26)25-10-2-3-20(25)14-4-6-15(22)7-5-14/h4-9,11-12,20H,2-3,10H2,1H3. The Morgan fingerprint density at radius 3 is 2.58 bits per heavy atom. The fourth-order valence-electron chi connectivity index (χ4n) is 3.71. The van der Waals surface area contributed by atoms with E-state index in [9.17, 15) is 13.6 Å². The predicted octanol–water partition coefficient (Wildman–Crippen LogP) is 4.80. The number of pyridine rings is 1. The third-order valence-electron chi connectivity index (χ3n) is 4.90. The molecular weight excluding hydrogens is 334 g/mol. The van der Waals surface area contributed by atoms with Gasteiger partial charge in [-0.3, -0.25) is 9.78 Å². The number of carbonyl (C=O) groups is 1. The number of hydrogen-bond acceptors (Lipinski definition) is 2. The molecule has 132 valence electrons. The minimum Gasteiger partial charge on any atom is -0.332 e. The molecule has 4 rings (SSSR count). The zero-order chi connectivity index (χ0) is 18.3. The van der Waals surface area contributed by atoms with Gasteiger partial charge in [0.05, 0.1) is 17.1 Å². The van der Waals surface area contributed by atoms with Crippen LogP contribution in [0.1, 0.15) is 40.5 Å². The third-order valence-corrected chi connectivity index (χ3v) is 4.90. The highest BCUT2D eigenvalue weighted by Crippen LogP contribution is 2.34. The van der Waals surface area contributed by atoms with Gasteiger partial charge in [-0.15, -0.1) is 0 Å². The van der Waals surface area contributed by atoms with Crippen molar-refractivity contribution in [3.63, 3.8) is 0 Å². The van der Waals surface area contributed by atoms with E-state index >= 15 is 0 Å². The number of hydrogen-bond donors (Lipinski definition) is 0. The van der Waals surface area contributed by atoms with Crippen LogP contribution in [0.25, 0.3) is 10.9 Å². The normalized spacial score (nSPS) is 17.0. The maximum absolute atomic E-state index is 13.6. The van der Waals surface area contributed by atoms with Crippen LogP contribution < -0.4 is 0 Å². The average Bonchev–Trinajstić information content (AvgIpc) is 3.10. The van der Waals surface area contributed by atoms with E-state index < -0.39 is 0 Å². The first-order valence-corrected chi connectivity index (χ1v) is 8.66. The molecule has 0 N–H and O–H groups in total. The van der Waals surface area contributed by atoms with Crippen molar-refractivity contribution in [2.24, 2.45) is 0 Å². The molecule has 0 aliphatic carbocycles. The number of rotatable bonds is 2. The van der Waals surface area contributed by atoms with Crippen LogP contribution in [0.2, 0.25) is 0 Å². The molecule has 0 spiro atoms. The molecule has 5 heteroatoms. The topological polar surface area (TPSA) is 33.2 Å². The monoisotopic (exact) mass is 352 g/mol. The second-order valence-electron chi connectivity index (χ2n) is 6.68. The van der Waals surface area contributed by atoms with Gasteiger partial charge in [-0.05, 0) is 55.7 Å². The quantitative estimate of drug-likeness (QED) is 0.664. The number of aryl methyl sites for hydroxylation is 1. The highest BCUT2D eigenvalue weighted by atomic mass is 19.1. The summed E-state index contributed by atoms with van der Waals surface area (Å²) in [4.78, 5) is 19.4. The Bertz CT molecular complexity index is 980. The zero-order valence-electron chi connectivity index (χ0n) is 14.4. The van der Waals surface area contributed by atoms with E-state index in [1.54, 1.807) is 31.2 Å². The summed E-state index contributed by atoms with van der Waals surface area (Å²) in [5, 5.41) is 0.645. The van der Waals surface area contributed by atoms with Gasteiger partial charge < -0.3 is 4.90 Å². The molecule has 3 nitrogen and oxygen atoms in total. The largest absolute Gasteiger partial charge is 0.332 e. The minimum atomic E-state index is -0.376. The molecule has 0 saturated carbocycles. The predicted molar refractivity (Wildman–Crippen MR) is 95.8 cm³/mol. The molecule has 1 atom stereocenters. The lowest BCUT2D eigenvalue weighted by molar-refractivity contribution is 0.0737. The first kappa shape index (κ1) is 16.6. The SMILES string of the molecule is Cc1cc(C(=O)N2CCCC2c2ccc(F)cc2)c2ccc(F)cc2n1. The lowest BCUT2D eigenvalue weighted by Gasteiger charge is -2.26. The Morgan fingerprint density at radius 2 is 1.81 bits per heavy atom. The van der Waals surface area contributed by atoms with Crippen LogP contribution in [0.4, 0.5) is 8.78 Å². The molecule has 1 fully saturated rings. The van der Waals surface area contributed by atoms with E-state index in [0.29, 0.717) is 28.7 Å². The van der Waals surface area contributed by atoms with E-state index in [1.165, 1.54) is 24.3 Å². The van der Waals surface area contributed by atoms with Crippen LogP contribution in [-0.2, 0) is 0 Å². The van der Waals surface area contributed by atoms with Crippen LogP contribution in [0.5, 0.6) is 0 Å². The summed E-state index contributed by atoms with van der Waals surface area (Å²) in [6.45, 7) is 2.44. The third kappa shape index (κ3) is 2.94. The van der Waals surface area contributed by atoms with E-state index in [4.69, 9.17) is 0 Å². The molecule has 1 unspecified atom stereocenters. The van der Waals surface area contributed by atoms with Crippen molar-refractivity contribution in [2.75, 3.05) is 6.54 Å². The van der Waals surface area contributed by atoms with Gasteiger partial charge in [-0.25, -0.2) is 8.78 Å². The number of carbonyl (C=O) groups excluding carboxylic acids is 1. The Morgan fingerprint density at radius 1 is 1.08 bits per heavy atom. The molecule has 1 aliphatic rings. The van der Waals surface area contributed by atoms with Crippen LogP contribution in [0.15, 0.2) is 48.5 Å². The summed E-state index contributed by atoms with van der Waals surface area (Å²) >= 11 is 0. The molecule has 26 heavy (non-hydrogen) atoms. The van der Waals surface area contributed by atoms with Gasteiger partial charge in [-0.1, -0.05) is 12.1 Å². The first-order chi connectivity index (χ1) is 12.5. The van der Waals surface area contributed by atoms with Crippen molar-refractivity contribution in [3.8, 4) is 0 Å². The molecule has 0 bridgehead atoms. The van der Waals surface area contributed by atoms with Gasteiger partial charge in [0.1, 0.15) is 11.6 Å².